The van der Waals surface area contributed by atoms with Crippen molar-refractivity contribution in [1.29, 1.82) is 0 Å². The molecule has 1 aromatic heterocycles. The van der Waals surface area contributed by atoms with E-state index in [1.807, 2.05) is 0 Å². The first-order valence-corrected chi connectivity index (χ1v) is 5.80. The number of aliphatic hydroxyl groups excluding tert-OH is 3. The predicted molar refractivity (Wildman–Crippen MR) is 57.3 cm³/mol. The lowest BCUT2D eigenvalue weighted by Crippen LogP contribution is -2.32. The van der Waals surface area contributed by atoms with Gasteiger partial charge in [0, 0.05) is 5.38 Å². The van der Waals surface area contributed by atoms with E-state index in [0.717, 1.165) is 11.3 Å². The molecule has 0 aromatic carbocycles. The van der Waals surface area contributed by atoms with Gasteiger partial charge in [-0.25, -0.2) is 4.98 Å². The number of ether oxygens (including phenoxy) is 1. The fourth-order valence-corrected chi connectivity index (χ4v) is 2.52. The second kappa shape index (κ2) is 4.67. The average Bonchev–Trinajstić information content (AvgIpc) is 2.87. The first-order valence-electron chi connectivity index (χ1n) is 4.92. The molecule has 17 heavy (non-hydrogen) atoms. The van der Waals surface area contributed by atoms with Gasteiger partial charge in [0.1, 0.15) is 35.1 Å². The van der Waals surface area contributed by atoms with Crippen LogP contribution in [0.1, 0.15) is 21.6 Å². The molecule has 0 bridgehead atoms. The Morgan fingerprint density at radius 1 is 1.53 bits per heavy atom. The Hall–Kier alpha value is -1.06. The van der Waals surface area contributed by atoms with Gasteiger partial charge in [-0.05, 0) is 0 Å². The zero-order valence-corrected chi connectivity index (χ0v) is 9.50. The largest absolute Gasteiger partial charge is 0.394 e. The van der Waals surface area contributed by atoms with Gasteiger partial charge in [-0.2, -0.15) is 0 Å². The zero-order valence-electron chi connectivity index (χ0n) is 8.68. The van der Waals surface area contributed by atoms with Crippen molar-refractivity contribution >= 4 is 17.2 Å². The number of amides is 1. The molecule has 1 unspecified atom stereocenters. The minimum Gasteiger partial charge on any atom is -0.394 e. The van der Waals surface area contributed by atoms with Crippen LogP contribution in [0, 0.1) is 0 Å². The standard InChI is InChI=1S/C9H12N2O5S/c10-8(15)3-2-17-9(11-3)7-6(14)5(13)4(1-12)16-7/h2,4-7,12-14H,1H2,(H2,10,15)/t4-,5-,6-,7?/m1/s1. The molecule has 1 aliphatic heterocycles. The maximum Gasteiger partial charge on any atom is 0.268 e. The minimum atomic E-state index is -1.18. The Kier molecular flexibility index (Phi) is 3.40. The second-order valence-corrected chi connectivity index (χ2v) is 4.58. The van der Waals surface area contributed by atoms with E-state index in [4.69, 9.17) is 15.6 Å². The van der Waals surface area contributed by atoms with Gasteiger partial charge in [0.25, 0.3) is 5.91 Å². The van der Waals surface area contributed by atoms with Gasteiger partial charge in [0.2, 0.25) is 0 Å². The van der Waals surface area contributed by atoms with E-state index < -0.39 is 36.9 Å². The second-order valence-electron chi connectivity index (χ2n) is 3.69. The number of thiazole rings is 1. The molecule has 94 valence electrons. The van der Waals surface area contributed by atoms with E-state index >= 15 is 0 Å². The molecule has 2 rings (SSSR count). The van der Waals surface area contributed by atoms with Crippen molar-refractivity contribution in [2.75, 3.05) is 6.61 Å². The molecule has 1 saturated heterocycles. The van der Waals surface area contributed by atoms with Crippen LogP contribution in [0.2, 0.25) is 0 Å². The SMILES string of the molecule is NC(=O)c1csc(C2O[C@H](CO)[C@@H](O)[C@H]2O)n1. The molecule has 0 spiro atoms. The highest BCUT2D eigenvalue weighted by molar-refractivity contribution is 7.09. The van der Waals surface area contributed by atoms with Gasteiger partial charge >= 0.3 is 0 Å². The number of carbonyl (C=O) groups excluding carboxylic acids is 1. The van der Waals surface area contributed by atoms with Crippen LogP contribution < -0.4 is 5.73 Å². The molecule has 0 aliphatic carbocycles. The smallest absolute Gasteiger partial charge is 0.268 e. The van der Waals surface area contributed by atoms with Crippen molar-refractivity contribution in [2.24, 2.45) is 5.73 Å². The van der Waals surface area contributed by atoms with E-state index in [1.54, 1.807) is 0 Å². The number of primary amides is 1. The van der Waals surface area contributed by atoms with Crippen LogP contribution in [-0.4, -0.2) is 51.1 Å². The fourth-order valence-electron chi connectivity index (χ4n) is 1.64. The molecular weight excluding hydrogens is 248 g/mol. The van der Waals surface area contributed by atoms with Gasteiger partial charge < -0.3 is 25.8 Å². The number of carbonyl (C=O) groups is 1. The Morgan fingerprint density at radius 3 is 2.71 bits per heavy atom. The quantitative estimate of drug-likeness (QED) is 0.518. The van der Waals surface area contributed by atoms with Crippen molar-refractivity contribution in [3.63, 3.8) is 0 Å². The third kappa shape index (κ3) is 2.17. The Morgan fingerprint density at radius 2 is 2.24 bits per heavy atom. The number of aliphatic hydroxyl groups is 3. The highest BCUT2D eigenvalue weighted by Crippen LogP contribution is 2.34. The molecule has 1 aliphatic rings. The van der Waals surface area contributed by atoms with Gasteiger partial charge in [-0.1, -0.05) is 0 Å². The summed E-state index contributed by atoms with van der Waals surface area (Å²) in [5.41, 5.74) is 5.14. The molecule has 0 radical (unpaired) electrons. The van der Waals surface area contributed by atoms with E-state index in [2.05, 4.69) is 4.98 Å². The summed E-state index contributed by atoms with van der Waals surface area (Å²) in [6.45, 7) is -0.400. The maximum absolute atomic E-state index is 10.9. The van der Waals surface area contributed by atoms with Gasteiger partial charge in [0.15, 0.2) is 0 Å². The maximum atomic E-state index is 10.9. The molecule has 4 atom stereocenters. The molecule has 1 fully saturated rings. The minimum absolute atomic E-state index is 0.0859. The monoisotopic (exact) mass is 260 g/mol. The first-order chi connectivity index (χ1) is 8.04. The van der Waals surface area contributed by atoms with E-state index in [9.17, 15) is 15.0 Å². The van der Waals surface area contributed by atoms with Crippen molar-refractivity contribution in [3.05, 3.63) is 16.1 Å². The summed E-state index contributed by atoms with van der Waals surface area (Å²) < 4.78 is 5.26. The summed E-state index contributed by atoms with van der Waals surface area (Å²) in [7, 11) is 0. The number of hydrogen-bond acceptors (Lipinski definition) is 7. The molecule has 0 saturated carbocycles. The number of aromatic nitrogens is 1. The molecule has 2 heterocycles. The van der Waals surface area contributed by atoms with Crippen LogP contribution in [0.5, 0.6) is 0 Å². The molecular formula is C9H12N2O5S. The van der Waals surface area contributed by atoms with Crippen LogP contribution in [-0.2, 0) is 4.74 Å². The molecule has 8 heteroatoms. The number of nitrogens with two attached hydrogens (primary N) is 1. The summed E-state index contributed by atoms with van der Waals surface area (Å²) in [6, 6.07) is 0. The van der Waals surface area contributed by atoms with E-state index in [1.165, 1.54) is 5.38 Å². The normalized spacial score (nSPS) is 32.9. The van der Waals surface area contributed by atoms with Gasteiger partial charge in [0.05, 0.1) is 6.61 Å². The van der Waals surface area contributed by atoms with Crippen LogP contribution in [0.15, 0.2) is 5.38 Å². The zero-order chi connectivity index (χ0) is 12.6. The Bertz CT molecular complexity index is 423. The van der Waals surface area contributed by atoms with Crippen molar-refractivity contribution in [3.8, 4) is 0 Å². The molecule has 1 amide bonds. The summed E-state index contributed by atoms with van der Waals surface area (Å²) in [6.07, 6.45) is -4.05. The van der Waals surface area contributed by atoms with Crippen molar-refractivity contribution in [1.82, 2.24) is 4.98 Å². The van der Waals surface area contributed by atoms with Crippen LogP contribution in [0.4, 0.5) is 0 Å². The summed E-state index contributed by atoms with van der Waals surface area (Å²) in [5, 5.41) is 30.0. The Labute approximate surface area is 100 Å². The topological polar surface area (TPSA) is 126 Å². The first kappa shape index (κ1) is 12.4. The highest BCUT2D eigenvalue weighted by Gasteiger charge is 2.44. The van der Waals surface area contributed by atoms with Crippen LogP contribution in [0.25, 0.3) is 0 Å². The number of nitrogens with zero attached hydrogens (tertiary/aromatic N) is 1. The van der Waals surface area contributed by atoms with Gasteiger partial charge in [-0.15, -0.1) is 11.3 Å². The van der Waals surface area contributed by atoms with E-state index in [-0.39, 0.29) is 5.69 Å². The highest BCUT2D eigenvalue weighted by atomic mass is 32.1. The molecule has 1 aromatic rings. The lowest BCUT2D eigenvalue weighted by Gasteiger charge is -2.11. The number of hydrogen-bond donors (Lipinski definition) is 4. The average molecular weight is 260 g/mol. The summed E-state index contributed by atoms with van der Waals surface area (Å²) in [4.78, 5) is 14.8. The third-order valence-electron chi connectivity index (χ3n) is 2.56. The summed E-state index contributed by atoms with van der Waals surface area (Å²) in [5.74, 6) is -0.667. The van der Waals surface area contributed by atoms with Crippen LogP contribution >= 0.6 is 11.3 Å². The lowest BCUT2D eigenvalue weighted by molar-refractivity contribution is -0.0228. The van der Waals surface area contributed by atoms with E-state index in [0.29, 0.717) is 5.01 Å². The van der Waals surface area contributed by atoms with Gasteiger partial charge in [-0.3, -0.25) is 4.79 Å². The Balaban J connectivity index is 2.19. The lowest BCUT2D eigenvalue weighted by atomic mass is 10.1. The number of rotatable bonds is 3. The molecule has 5 N–H and O–H groups in total. The van der Waals surface area contributed by atoms with Crippen molar-refractivity contribution in [2.45, 2.75) is 24.4 Å². The summed E-state index contributed by atoms with van der Waals surface area (Å²) >= 11 is 1.10. The van der Waals surface area contributed by atoms with Crippen LogP contribution in [0.3, 0.4) is 0 Å². The fraction of sp³-hybridized carbons (Fsp3) is 0.556. The third-order valence-corrected chi connectivity index (χ3v) is 3.47. The molecule has 7 nitrogen and oxygen atoms in total. The predicted octanol–water partition coefficient (Wildman–Crippen LogP) is -1.60. The van der Waals surface area contributed by atoms with Crippen molar-refractivity contribution < 1.29 is 24.9 Å².